The third-order valence-corrected chi connectivity index (χ3v) is 4.64. The van der Waals surface area contributed by atoms with Gasteiger partial charge in [0.25, 0.3) is 0 Å². The Balaban J connectivity index is 1.91. The third kappa shape index (κ3) is 3.69. The number of nitrogens with one attached hydrogen (secondary N) is 1. The van der Waals surface area contributed by atoms with Crippen molar-refractivity contribution < 1.29 is 4.74 Å². The molecule has 2 aliphatic heterocycles. The van der Waals surface area contributed by atoms with Gasteiger partial charge in [0.15, 0.2) is 0 Å². The normalized spacial score (nSPS) is 32.0. The van der Waals surface area contributed by atoms with Crippen LogP contribution in [0.4, 0.5) is 0 Å². The summed E-state index contributed by atoms with van der Waals surface area (Å²) >= 11 is 0. The molecule has 106 valence electrons. The van der Waals surface area contributed by atoms with E-state index < -0.39 is 0 Å². The Morgan fingerprint density at radius 2 is 2.00 bits per heavy atom. The summed E-state index contributed by atoms with van der Waals surface area (Å²) in [6.07, 6.45) is 3.76. The van der Waals surface area contributed by atoms with Crippen molar-refractivity contribution >= 4 is 0 Å². The van der Waals surface area contributed by atoms with E-state index in [9.17, 15) is 0 Å². The minimum absolute atomic E-state index is 0.694. The van der Waals surface area contributed by atoms with Crippen molar-refractivity contribution in [1.29, 1.82) is 0 Å². The molecule has 2 fully saturated rings. The van der Waals surface area contributed by atoms with Crippen LogP contribution in [0, 0.1) is 11.8 Å². The number of rotatable bonds is 4. The fourth-order valence-corrected chi connectivity index (χ4v) is 3.30. The molecule has 0 aromatic carbocycles. The van der Waals surface area contributed by atoms with Gasteiger partial charge in [0, 0.05) is 44.9 Å². The number of piperazine rings is 1. The predicted molar refractivity (Wildman–Crippen MR) is 75.8 cm³/mol. The lowest BCUT2D eigenvalue weighted by Crippen LogP contribution is -2.59. The van der Waals surface area contributed by atoms with E-state index in [-0.39, 0.29) is 0 Å². The van der Waals surface area contributed by atoms with E-state index in [1.807, 2.05) is 0 Å². The molecule has 0 saturated carbocycles. The molecule has 1 N–H and O–H groups in total. The summed E-state index contributed by atoms with van der Waals surface area (Å²) in [6.45, 7) is 12.6. The highest BCUT2D eigenvalue weighted by Crippen LogP contribution is 2.22. The lowest BCUT2D eigenvalue weighted by Gasteiger charge is -2.44. The van der Waals surface area contributed by atoms with Gasteiger partial charge in [-0.25, -0.2) is 0 Å². The lowest BCUT2D eigenvalue weighted by atomic mass is 9.93. The molecule has 2 unspecified atom stereocenters. The van der Waals surface area contributed by atoms with E-state index >= 15 is 0 Å². The molecular formula is C15H30N2O. The average molecular weight is 254 g/mol. The second kappa shape index (κ2) is 6.88. The van der Waals surface area contributed by atoms with Crippen LogP contribution in [0.5, 0.6) is 0 Å². The second-order valence-electron chi connectivity index (χ2n) is 6.33. The summed E-state index contributed by atoms with van der Waals surface area (Å²) in [5.41, 5.74) is 0. The van der Waals surface area contributed by atoms with Gasteiger partial charge in [-0.3, -0.25) is 4.90 Å². The monoisotopic (exact) mass is 254 g/mol. The van der Waals surface area contributed by atoms with Gasteiger partial charge in [0.2, 0.25) is 0 Å². The van der Waals surface area contributed by atoms with E-state index in [2.05, 4.69) is 31.0 Å². The molecule has 18 heavy (non-hydrogen) atoms. The second-order valence-corrected chi connectivity index (χ2v) is 6.33. The van der Waals surface area contributed by atoms with Gasteiger partial charge in [0.05, 0.1) is 0 Å². The van der Waals surface area contributed by atoms with E-state index in [0.29, 0.717) is 6.04 Å². The first-order valence-corrected chi connectivity index (χ1v) is 7.75. The van der Waals surface area contributed by atoms with Crippen LogP contribution in [0.3, 0.4) is 0 Å². The molecule has 0 bridgehead atoms. The average Bonchev–Trinajstić information content (AvgIpc) is 2.39. The van der Waals surface area contributed by atoms with Gasteiger partial charge < -0.3 is 10.1 Å². The number of hydrogen-bond donors (Lipinski definition) is 1. The van der Waals surface area contributed by atoms with Crippen LogP contribution < -0.4 is 5.32 Å². The van der Waals surface area contributed by atoms with Gasteiger partial charge in [-0.2, -0.15) is 0 Å². The summed E-state index contributed by atoms with van der Waals surface area (Å²) in [7, 11) is 0. The molecule has 2 rings (SSSR count). The minimum atomic E-state index is 0.694. The van der Waals surface area contributed by atoms with E-state index in [1.54, 1.807) is 0 Å². The summed E-state index contributed by atoms with van der Waals surface area (Å²) in [5.74, 6) is 1.60. The molecule has 2 heterocycles. The fraction of sp³-hybridized carbons (Fsp3) is 1.00. The number of hydrogen-bond acceptors (Lipinski definition) is 3. The Morgan fingerprint density at radius 3 is 2.61 bits per heavy atom. The van der Waals surface area contributed by atoms with Gasteiger partial charge in [0.1, 0.15) is 0 Å². The van der Waals surface area contributed by atoms with Crippen LogP contribution >= 0.6 is 0 Å². The number of nitrogens with zero attached hydrogens (tertiary/aromatic N) is 1. The molecule has 2 atom stereocenters. The van der Waals surface area contributed by atoms with E-state index in [4.69, 9.17) is 4.74 Å². The maximum atomic E-state index is 5.47. The predicted octanol–water partition coefficient (Wildman–Crippen LogP) is 2.12. The molecule has 0 aromatic rings. The highest BCUT2D eigenvalue weighted by Gasteiger charge is 2.30. The summed E-state index contributed by atoms with van der Waals surface area (Å²) in [4.78, 5) is 2.76. The maximum absolute atomic E-state index is 5.47. The van der Waals surface area contributed by atoms with Gasteiger partial charge in [-0.15, -0.1) is 0 Å². The zero-order chi connectivity index (χ0) is 13.0. The molecule has 0 aromatic heterocycles. The van der Waals surface area contributed by atoms with E-state index in [1.165, 1.54) is 38.9 Å². The molecule has 0 spiro atoms. The lowest BCUT2D eigenvalue weighted by molar-refractivity contribution is 0.0271. The Kier molecular flexibility index (Phi) is 5.46. The largest absolute Gasteiger partial charge is 0.381 e. The summed E-state index contributed by atoms with van der Waals surface area (Å²) in [5, 5.41) is 3.70. The van der Waals surface area contributed by atoms with E-state index in [0.717, 1.165) is 31.1 Å². The van der Waals surface area contributed by atoms with Crippen LogP contribution in [0.1, 0.15) is 40.0 Å². The van der Waals surface area contributed by atoms with Crippen LogP contribution in [-0.2, 0) is 4.74 Å². The molecular weight excluding hydrogens is 224 g/mol. The van der Waals surface area contributed by atoms with Gasteiger partial charge in [-0.1, -0.05) is 20.8 Å². The topological polar surface area (TPSA) is 24.5 Å². The first-order valence-electron chi connectivity index (χ1n) is 7.75. The summed E-state index contributed by atoms with van der Waals surface area (Å²) < 4.78 is 5.47. The Hall–Kier alpha value is -0.120. The molecule has 2 saturated heterocycles. The Labute approximate surface area is 112 Å². The van der Waals surface area contributed by atoms with Crippen molar-refractivity contribution in [3.05, 3.63) is 0 Å². The fourth-order valence-electron chi connectivity index (χ4n) is 3.30. The van der Waals surface area contributed by atoms with Crippen molar-refractivity contribution in [2.24, 2.45) is 11.8 Å². The first-order chi connectivity index (χ1) is 8.70. The van der Waals surface area contributed by atoms with Crippen LogP contribution in [0.2, 0.25) is 0 Å². The molecule has 3 nitrogen and oxygen atoms in total. The SMILES string of the molecule is CCC1CN(CC2CCOCC2)C(C(C)C)CN1. The molecule has 2 aliphatic rings. The highest BCUT2D eigenvalue weighted by molar-refractivity contribution is 4.88. The van der Waals surface area contributed by atoms with Crippen molar-refractivity contribution in [1.82, 2.24) is 10.2 Å². The summed E-state index contributed by atoms with van der Waals surface area (Å²) in [6, 6.07) is 1.41. The zero-order valence-electron chi connectivity index (χ0n) is 12.3. The van der Waals surface area contributed by atoms with Crippen molar-refractivity contribution in [3.8, 4) is 0 Å². The van der Waals surface area contributed by atoms with Crippen molar-refractivity contribution in [3.63, 3.8) is 0 Å². The first kappa shape index (κ1) is 14.3. The van der Waals surface area contributed by atoms with Crippen molar-refractivity contribution in [2.45, 2.75) is 52.1 Å². The van der Waals surface area contributed by atoms with Crippen LogP contribution in [-0.4, -0.2) is 49.8 Å². The quantitative estimate of drug-likeness (QED) is 0.832. The number of ether oxygens (including phenoxy) is 1. The highest BCUT2D eigenvalue weighted by atomic mass is 16.5. The standard InChI is InChI=1S/C15H30N2O/c1-4-14-11-17(15(9-16-14)12(2)3)10-13-5-7-18-8-6-13/h12-16H,4-11H2,1-3H3. The van der Waals surface area contributed by atoms with Gasteiger partial charge >= 0.3 is 0 Å². The minimum Gasteiger partial charge on any atom is -0.381 e. The Morgan fingerprint density at radius 1 is 1.28 bits per heavy atom. The van der Waals surface area contributed by atoms with Gasteiger partial charge in [-0.05, 0) is 31.1 Å². The molecule has 3 heteroatoms. The third-order valence-electron chi connectivity index (χ3n) is 4.64. The smallest absolute Gasteiger partial charge is 0.0469 e. The molecule has 0 radical (unpaired) electrons. The van der Waals surface area contributed by atoms with Crippen molar-refractivity contribution in [2.75, 3.05) is 32.8 Å². The molecule has 0 aliphatic carbocycles. The Bertz CT molecular complexity index is 239. The molecule has 0 amide bonds. The van der Waals surface area contributed by atoms with Crippen LogP contribution in [0.25, 0.3) is 0 Å². The van der Waals surface area contributed by atoms with Crippen LogP contribution in [0.15, 0.2) is 0 Å². The maximum Gasteiger partial charge on any atom is 0.0469 e. The zero-order valence-corrected chi connectivity index (χ0v) is 12.3.